The molecule has 3 N–H and O–H groups in total. The molecular weight excluding hydrogens is 560 g/mol. The van der Waals surface area contributed by atoms with Crippen LogP contribution in [0.3, 0.4) is 0 Å². The summed E-state index contributed by atoms with van der Waals surface area (Å²) in [4.78, 5) is 31.4. The molecule has 2 aromatic heterocycles. The maximum absolute atomic E-state index is 13.0. The van der Waals surface area contributed by atoms with Crippen LogP contribution in [-0.2, 0) is 4.74 Å². The zero-order chi connectivity index (χ0) is 30.4. The molecule has 1 amide bonds. The van der Waals surface area contributed by atoms with Crippen LogP contribution in [0.25, 0.3) is 44.4 Å². The van der Waals surface area contributed by atoms with E-state index in [1.54, 1.807) is 0 Å². The van der Waals surface area contributed by atoms with Gasteiger partial charge in [0.2, 0.25) is 0 Å². The van der Waals surface area contributed by atoms with E-state index in [4.69, 9.17) is 9.72 Å². The number of likely N-dealkylation sites (tertiary alicyclic amines) is 1. The number of rotatable bonds is 5. The summed E-state index contributed by atoms with van der Waals surface area (Å²) < 4.78 is 5.74. The second kappa shape index (κ2) is 9.78. The van der Waals surface area contributed by atoms with E-state index in [1.807, 2.05) is 38.1 Å². The summed E-state index contributed by atoms with van der Waals surface area (Å²) >= 11 is 0. The van der Waals surface area contributed by atoms with Crippen LogP contribution in [-0.4, -0.2) is 48.6 Å². The number of amides is 1. The van der Waals surface area contributed by atoms with Gasteiger partial charge in [-0.1, -0.05) is 48.5 Å². The van der Waals surface area contributed by atoms with Crippen LogP contribution in [0.1, 0.15) is 70.2 Å². The Kier molecular flexibility index (Phi) is 5.85. The number of carbonyl (C=O) groups is 1. The van der Waals surface area contributed by atoms with Crippen LogP contribution < -0.4 is 5.32 Å². The Hall–Kier alpha value is -4.43. The summed E-state index contributed by atoms with van der Waals surface area (Å²) in [6, 6.07) is 23.1. The van der Waals surface area contributed by atoms with Crippen molar-refractivity contribution in [1.29, 1.82) is 0 Å². The molecule has 9 rings (SSSR count). The van der Waals surface area contributed by atoms with Crippen molar-refractivity contribution in [2.24, 2.45) is 11.8 Å². The van der Waals surface area contributed by atoms with Crippen molar-refractivity contribution >= 4 is 16.9 Å². The van der Waals surface area contributed by atoms with E-state index >= 15 is 0 Å². The molecule has 8 nitrogen and oxygen atoms in total. The molecule has 0 spiro atoms. The zero-order valence-electron chi connectivity index (χ0n) is 25.9. The average molecular weight is 599 g/mol. The molecule has 3 aromatic carbocycles. The van der Waals surface area contributed by atoms with Crippen molar-refractivity contribution in [2.45, 2.75) is 76.2 Å². The monoisotopic (exact) mass is 598 g/mol. The number of aromatic nitrogens is 4. The van der Waals surface area contributed by atoms with Crippen LogP contribution in [0.15, 0.2) is 73.1 Å². The Bertz CT molecular complexity index is 1920. The van der Waals surface area contributed by atoms with Gasteiger partial charge in [0.25, 0.3) is 0 Å². The normalized spacial score (nSPS) is 26.6. The summed E-state index contributed by atoms with van der Waals surface area (Å²) in [6.07, 6.45) is 8.11. The first-order chi connectivity index (χ1) is 21.8. The van der Waals surface area contributed by atoms with E-state index in [9.17, 15) is 4.79 Å². The van der Waals surface area contributed by atoms with Gasteiger partial charge in [0.1, 0.15) is 17.2 Å². The summed E-state index contributed by atoms with van der Waals surface area (Å²) in [5.41, 5.74) is 6.10. The quantitative estimate of drug-likeness (QED) is 0.192. The van der Waals surface area contributed by atoms with Gasteiger partial charge in [-0.2, -0.15) is 0 Å². The van der Waals surface area contributed by atoms with Gasteiger partial charge in [-0.15, -0.1) is 0 Å². The molecule has 2 saturated carbocycles. The Morgan fingerprint density at radius 2 is 1.40 bits per heavy atom. The molecule has 5 aromatic rings. The van der Waals surface area contributed by atoms with Crippen LogP contribution in [0.4, 0.5) is 4.79 Å². The van der Waals surface area contributed by atoms with E-state index in [0.717, 1.165) is 52.9 Å². The predicted molar refractivity (Wildman–Crippen MR) is 174 cm³/mol. The number of nitrogens with zero attached hydrogens (tertiary/aromatic N) is 3. The van der Waals surface area contributed by atoms with Gasteiger partial charge in [-0.3, -0.25) is 4.90 Å². The van der Waals surface area contributed by atoms with Crippen LogP contribution in [0, 0.1) is 11.8 Å². The van der Waals surface area contributed by atoms with Gasteiger partial charge in [0, 0.05) is 17.6 Å². The lowest BCUT2D eigenvalue weighted by Crippen LogP contribution is -2.38. The first-order valence-electron chi connectivity index (χ1n) is 16.3. The van der Waals surface area contributed by atoms with Gasteiger partial charge in [0.15, 0.2) is 0 Å². The second-order valence-electron chi connectivity index (χ2n) is 14.5. The van der Waals surface area contributed by atoms with Crippen molar-refractivity contribution < 1.29 is 9.53 Å². The lowest BCUT2D eigenvalue weighted by molar-refractivity contribution is 0.0175. The summed E-state index contributed by atoms with van der Waals surface area (Å²) in [7, 11) is 0. The van der Waals surface area contributed by atoms with Gasteiger partial charge >= 0.3 is 6.09 Å². The summed E-state index contributed by atoms with van der Waals surface area (Å²) in [6.45, 7) is 5.74. The van der Waals surface area contributed by atoms with Crippen molar-refractivity contribution in [3.8, 4) is 33.6 Å². The molecule has 4 aliphatic rings. The number of carbonyl (C=O) groups excluding carboxylic acids is 1. The fourth-order valence-electron chi connectivity index (χ4n) is 7.56. The molecule has 228 valence electrons. The number of benzene rings is 3. The smallest absolute Gasteiger partial charge is 0.411 e. The Balaban J connectivity index is 0.913. The lowest BCUT2D eigenvalue weighted by atomic mass is 9.98. The number of piperidine rings is 2. The number of fused-ring (bicyclic) bond motifs is 3. The van der Waals surface area contributed by atoms with Gasteiger partial charge in [-0.05, 0) is 97.9 Å². The number of H-pyrrole nitrogens is 2. The van der Waals surface area contributed by atoms with Crippen molar-refractivity contribution in [3.05, 3.63) is 84.7 Å². The molecule has 8 heteroatoms. The minimum Gasteiger partial charge on any atom is -0.444 e. The first kappa shape index (κ1) is 26.9. The van der Waals surface area contributed by atoms with Gasteiger partial charge < -0.3 is 20.0 Å². The molecule has 2 saturated heterocycles. The Labute approximate surface area is 262 Å². The standard InChI is InChI=1S/C37H38N6O2/c1-37(2,3)45-36(44)43-32-16-27(32)17-33(43)35-39-19-31(42-35)25-11-10-23-12-22(8-9-24(23)13-25)20-4-6-21(7-5-20)30-18-38-34(41-30)29-15-26-14-28(26)40-29/h4-13,18-19,26-29,32-33,40H,14-17H2,1-3H3,(H,38,41)(H,39,42)/t26?,27?,28-,29+,32-,33+/m1/s1. The minimum atomic E-state index is -0.519. The first-order valence-corrected chi connectivity index (χ1v) is 16.3. The number of hydrogen-bond donors (Lipinski definition) is 3. The second-order valence-corrected chi connectivity index (χ2v) is 14.5. The van der Waals surface area contributed by atoms with Crippen LogP contribution in [0.5, 0.6) is 0 Å². The summed E-state index contributed by atoms with van der Waals surface area (Å²) in [5.74, 6) is 3.28. The highest BCUT2D eigenvalue weighted by Crippen LogP contribution is 2.53. The molecule has 2 unspecified atom stereocenters. The molecule has 45 heavy (non-hydrogen) atoms. The average Bonchev–Trinajstić information content (AvgIpc) is 3.60. The highest BCUT2D eigenvalue weighted by Gasteiger charge is 2.56. The molecule has 6 atom stereocenters. The van der Waals surface area contributed by atoms with E-state index in [1.165, 1.54) is 34.7 Å². The minimum absolute atomic E-state index is 0.0723. The number of imidazole rings is 2. The third-order valence-corrected chi connectivity index (χ3v) is 10.1. The predicted octanol–water partition coefficient (Wildman–Crippen LogP) is 7.78. The molecule has 2 aliphatic carbocycles. The van der Waals surface area contributed by atoms with E-state index in [2.05, 4.69) is 80.9 Å². The third kappa shape index (κ3) is 4.92. The topological polar surface area (TPSA) is 98.9 Å². The van der Waals surface area contributed by atoms with Crippen molar-refractivity contribution in [2.75, 3.05) is 0 Å². The molecule has 4 heterocycles. The third-order valence-electron chi connectivity index (χ3n) is 10.1. The lowest BCUT2D eigenvalue weighted by Gasteiger charge is -2.29. The molecule has 2 aliphatic heterocycles. The van der Waals surface area contributed by atoms with Gasteiger partial charge in [-0.25, -0.2) is 14.8 Å². The maximum atomic E-state index is 13.0. The van der Waals surface area contributed by atoms with E-state index < -0.39 is 5.60 Å². The molecular formula is C37H38N6O2. The Morgan fingerprint density at radius 1 is 0.756 bits per heavy atom. The number of aromatic amines is 2. The molecule has 0 bridgehead atoms. The van der Waals surface area contributed by atoms with E-state index in [-0.39, 0.29) is 18.2 Å². The molecule has 0 radical (unpaired) electrons. The SMILES string of the molecule is CC(C)(C)OC(=O)N1[C@@H]2CC2C[C@H]1c1ncc(-c2ccc3cc(-c4ccc(-c5cnc([C@@H]6CC7C[C@H]7N6)[nH]5)cc4)ccc3c2)[nH]1. The zero-order valence-corrected chi connectivity index (χ0v) is 25.9. The summed E-state index contributed by atoms with van der Waals surface area (Å²) in [5, 5.41) is 6.04. The Morgan fingerprint density at radius 3 is 2.13 bits per heavy atom. The van der Waals surface area contributed by atoms with E-state index in [0.29, 0.717) is 18.0 Å². The van der Waals surface area contributed by atoms with Gasteiger partial charge in [0.05, 0.1) is 35.9 Å². The van der Waals surface area contributed by atoms with Crippen LogP contribution >= 0.6 is 0 Å². The fraction of sp³-hybridized carbons (Fsp3) is 0.378. The number of hydrogen-bond acceptors (Lipinski definition) is 5. The number of ether oxygens (including phenoxy) is 1. The highest BCUT2D eigenvalue weighted by atomic mass is 16.6. The van der Waals surface area contributed by atoms with Crippen molar-refractivity contribution in [1.82, 2.24) is 30.2 Å². The van der Waals surface area contributed by atoms with Crippen molar-refractivity contribution in [3.63, 3.8) is 0 Å². The largest absolute Gasteiger partial charge is 0.444 e. The van der Waals surface area contributed by atoms with Crippen LogP contribution in [0.2, 0.25) is 0 Å². The highest BCUT2D eigenvalue weighted by molar-refractivity contribution is 5.90. The molecule has 4 fully saturated rings. The fourth-order valence-corrected chi connectivity index (χ4v) is 7.56. The number of nitrogens with one attached hydrogen (secondary N) is 3. The maximum Gasteiger partial charge on any atom is 0.411 e.